The third-order valence-corrected chi connectivity index (χ3v) is 8.13. The molecule has 178 valence electrons. The topological polar surface area (TPSA) is 105 Å². The Morgan fingerprint density at radius 2 is 1.91 bits per heavy atom. The summed E-state index contributed by atoms with van der Waals surface area (Å²) >= 11 is 0. The molecular formula is C26H25N5O3S. The van der Waals surface area contributed by atoms with Crippen molar-refractivity contribution in [2.24, 2.45) is 5.10 Å². The van der Waals surface area contributed by atoms with Gasteiger partial charge in [-0.1, -0.05) is 24.3 Å². The minimum absolute atomic E-state index is 0.0685. The highest BCUT2D eigenvalue weighted by Crippen LogP contribution is 2.26. The van der Waals surface area contributed by atoms with Gasteiger partial charge >= 0.3 is 0 Å². The molecule has 0 aliphatic carbocycles. The van der Waals surface area contributed by atoms with Crippen LogP contribution < -0.4 is 10.2 Å². The van der Waals surface area contributed by atoms with Crippen LogP contribution in [0.2, 0.25) is 0 Å². The highest BCUT2D eigenvalue weighted by molar-refractivity contribution is 7.89. The fraction of sp³-hybridized carbons (Fsp3) is 0.231. The second-order valence-electron chi connectivity index (χ2n) is 8.75. The Morgan fingerprint density at radius 3 is 2.66 bits per heavy atom. The van der Waals surface area contributed by atoms with Crippen LogP contribution in [0.25, 0.3) is 21.7 Å². The van der Waals surface area contributed by atoms with Crippen LogP contribution in [0.3, 0.4) is 0 Å². The maximum absolute atomic E-state index is 13.6. The Kier molecular flexibility index (Phi) is 6.04. The second-order valence-corrected chi connectivity index (χ2v) is 10.8. The molecule has 9 heteroatoms. The zero-order chi connectivity index (χ0) is 24.6. The Morgan fingerprint density at radius 1 is 1.09 bits per heavy atom. The molecule has 0 amide bonds. The zero-order valence-corrected chi connectivity index (χ0v) is 20.2. The van der Waals surface area contributed by atoms with E-state index in [1.165, 1.54) is 0 Å². The first-order valence-corrected chi connectivity index (χ1v) is 12.9. The van der Waals surface area contributed by atoms with E-state index in [-0.39, 0.29) is 17.9 Å². The first kappa shape index (κ1) is 23.1. The lowest BCUT2D eigenvalue weighted by molar-refractivity contribution is 0.381. The number of benzene rings is 1. The van der Waals surface area contributed by atoms with E-state index in [1.807, 2.05) is 42.5 Å². The third kappa shape index (κ3) is 4.65. The zero-order valence-electron chi connectivity index (χ0n) is 19.4. The largest absolute Gasteiger partial charge is 0.299 e. The van der Waals surface area contributed by atoms with E-state index >= 15 is 0 Å². The number of likely N-dealkylation sites (N-methyl/N-ethyl adjacent to an activating group) is 1. The number of sulfonamides is 1. The van der Waals surface area contributed by atoms with Crippen LogP contribution >= 0.6 is 0 Å². The summed E-state index contributed by atoms with van der Waals surface area (Å²) in [5.74, 6) is 0.0685. The Hall–Kier alpha value is -3.69. The average molecular weight is 488 g/mol. The molecule has 4 aromatic rings. The molecule has 0 fully saturated rings. The average Bonchev–Trinajstić information content (AvgIpc) is 3.26. The minimum Gasteiger partial charge on any atom is -0.299 e. The number of nitrogens with one attached hydrogen (secondary N) is 1. The molecule has 3 heterocycles. The van der Waals surface area contributed by atoms with Gasteiger partial charge in [-0.2, -0.15) is 5.10 Å². The van der Waals surface area contributed by atoms with Gasteiger partial charge in [0.05, 0.1) is 23.0 Å². The van der Waals surface area contributed by atoms with Crippen molar-refractivity contribution in [3.05, 3.63) is 94.0 Å². The van der Waals surface area contributed by atoms with Crippen LogP contribution in [0.1, 0.15) is 34.9 Å². The minimum atomic E-state index is -3.70. The standard InChI is InChI=1S/C26H25N5O3S/c1-17(35(33,34)30-15-22-5-3-4-10-27-22)19-7-6-18-8-9-25-24(26(32)23(18)11-19)12-20(13-28-25)21-14-29-31(2)16-21/h3-14,17,21,30H,15-16H2,1-2H3. The molecular weight excluding hydrogens is 462 g/mol. The number of nitrogens with zero attached hydrogens (tertiary/aromatic N) is 4. The summed E-state index contributed by atoms with van der Waals surface area (Å²) < 4.78 is 28.6. The summed E-state index contributed by atoms with van der Waals surface area (Å²) in [6, 6.07) is 16.1. The molecule has 35 heavy (non-hydrogen) atoms. The van der Waals surface area contributed by atoms with Crippen molar-refractivity contribution < 1.29 is 8.42 Å². The molecule has 1 aliphatic rings. The molecule has 2 atom stereocenters. The summed E-state index contributed by atoms with van der Waals surface area (Å²) in [7, 11) is -1.80. The van der Waals surface area contributed by atoms with Crippen LogP contribution in [0.4, 0.5) is 0 Å². The lowest BCUT2D eigenvalue weighted by Gasteiger charge is -2.14. The number of hydrazone groups is 1. The Balaban J connectivity index is 1.52. The first-order valence-electron chi connectivity index (χ1n) is 11.3. The fourth-order valence-corrected chi connectivity index (χ4v) is 5.34. The lowest BCUT2D eigenvalue weighted by Crippen LogP contribution is -2.28. The smallest absolute Gasteiger partial charge is 0.218 e. The molecule has 2 aromatic carbocycles. The van der Waals surface area contributed by atoms with E-state index in [2.05, 4.69) is 19.8 Å². The molecule has 0 saturated carbocycles. The third-order valence-electron chi connectivity index (χ3n) is 6.38. The summed E-state index contributed by atoms with van der Waals surface area (Å²) in [4.78, 5) is 22.3. The van der Waals surface area contributed by atoms with E-state index in [4.69, 9.17) is 0 Å². The van der Waals surface area contributed by atoms with Gasteiger partial charge in [-0.15, -0.1) is 0 Å². The van der Waals surface area contributed by atoms with Crippen molar-refractivity contribution in [1.82, 2.24) is 19.7 Å². The van der Waals surface area contributed by atoms with Crippen LogP contribution in [0, 0.1) is 0 Å². The highest BCUT2D eigenvalue weighted by atomic mass is 32.2. The normalized spacial score (nSPS) is 16.7. The van der Waals surface area contributed by atoms with Crippen molar-refractivity contribution in [2.45, 2.75) is 24.6 Å². The predicted octanol–water partition coefficient (Wildman–Crippen LogP) is 3.34. The van der Waals surface area contributed by atoms with Crippen molar-refractivity contribution in [3.63, 3.8) is 0 Å². The molecule has 1 N–H and O–H groups in total. The lowest BCUT2D eigenvalue weighted by atomic mass is 10.0. The van der Waals surface area contributed by atoms with Crippen LogP contribution in [-0.4, -0.2) is 43.2 Å². The van der Waals surface area contributed by atoms with E-state index in [9.17, 15) is 13.2 Å². The molecule has 2 unspecified atom stereocenters. The Bertz CT molecular complexity index is 1610. The van der Waals surface area contributed by atoms with Gasteiger partial charge in [0.25, 0.3) is 0 Å². The summed E-state index contributed by atoms with van der Waals surface area (Å²) in [5.41, 5.74) is 2.51. The number of rotatable bonds is 6. The molecule has 5 rings (SSSR count). The van der Waals surface area contributed by atoms with Gasteiger partial charge in [-0.3, -0.25) is 19.8 Å². The number of pyridine rings is 2. The summed E-state index contributed by atoms with van der Waals surface area (Å²) in [6.07, 6.45) is 5.27. The molecule has 1 aliphatic heterocycles. The second kappa shape index (κ2) is 9.16. The van der Waals surface area contributed by atoms with Crippen LogP contribution in [-0.2, 0) is 16.6 Å². The van der Waals surface area contributed by atoms with E-state index < -0.39 is 15.3 Å². The van der Waals surface area contributed by atoms with E-state index in [0.29, 0.717) is 27.5 Å². The van der Waals surface area contributed by atoms with Crippen LogP contribution in [0.5, 0.6) is 0 Å². The van der Waals surface area contributed by atoms with Gasteiger partial charge < -0.3 is 0 Å². The van der Waals surface area contributed by atoms with Crippen molar-refractivity contribution in [2.75, 3.05) is 13.6 Å². The molecule has 0 saturated heterocycles. The molecule has 2 aromatic heterocycles. The first-order chi connectivity index (χ1) is 16.8. The van der Waals surface area contributed by atoms with Gasteiger partial charge in [0, 0.05) is 48.9 Å². The Labute approximate surface area is 203 Å². The molecule has 0 radical (unpaired) electrons. The number of aromatic nitrogens is 2. The van der Waals surface area contributed by atoms with Gasteiger partial charge in [0.15, 0.2) is 5.43 Å². The van der Waals surface area contributed by atoms with E-state index in [0.717, 1.165) is 17.5 Å². The van der Waals surface area contributed by atoms with Crippen molar-refractivity contribution >= 4 is 37.9 Å². The maximum Gasteiger partial charge on any atom is 0.218 e. The quantitative estimate of drug-likeness (QED) is 0.447. The van der Waals surface area contributed by atoms with Crippen molar-refractivity contribution in [1.29, 1.82) is 0 Å². The predicted molar refractivity (Wildman–Crippen MR) is 138 cm³/mol. The molecule has 0 spiro atoms. The highest BCUT2D eigenvalue weighted by Gasteiger charge is 2.23. The van der Waals surface area contributed by atoms with Gasteiger partial charge in [0.1, 0.15) is 0 Å². The molecule has 8 nitrogen and oxygen atoms in total. The van der Waals surface area contributed by atoms with Gasteiger partial charge in [-0.05, 0) is 53.8 Å². The van der Waals surface area contributed by atoms with Crippen molar-refractivity contribution in [3.8, 4) is 0 Å². The van der Waals surface area contributed by atoms with E-state index in [1.54, 1.807) is 49.6 Å². The number of hydrogen-bond donors (Lipinski definition) is 1. The maximum atomic E-state index is 13.6. The fourth-order valence-electron chi connectivity index (χ4n) is 4.24. The number of fused-ring (bicyclic) bond motifs is 2. The van der Waals surface area contributed by atoms with Crippen LogP contribution in [0.15, 0.2) is 76.9 Å². The summed E-state index contributed by atoms with van der Waals surface area (Å²) in [6.45, 7) is 2.44. The monoisotopic (exact) mass is 487 g/mol. The summed E-state index contributed by atoms with van der Waals surface area (Å²) in [5, 5.41) is 6.97. The number of hydrogen-bond acceptors (Lipinski definition) is 7. The van der Waals surface area contributed by atoms with Gasteiger partial charge in [-0.25, -0.2) is 13.1 Å². The SMILES string of the molecule is CC(c1ccc2ccc3ncc(C4C=NN(C)C4)cc3c(=O)c2c1)S(=O)(=O)NCc1ccccn1. The van der Waals surface area contributed by atoms with Gasteiger partial charge in [0.2, 0.25) is 10.0 Å². The molecule has 0 bridgehead atoms.